The van der Waals surface area contributed by atoms with Gasteiger partial charge in [-0.25, -0.2) is 4.79 Å². The molecule has 5 nitrogen and oxygen atoms in total. The molecule has 1 amide bonds. The van der Waals surface area contributed by atoms with E-state index in [9.17, 15) is 9.59 Å². The van der Waals surface area contributed by atoms with Crippen LogP contribution < -0.4 is 0 Å². The van der Waals surface area contributed by atoms with E-state index in [1.807, 2.05) is 6.07 Å². The Balaban J connectivity index is 2.17. The fraction of sp³-hybridized carbons (Fsp3) is 0.333. The van der Waals surface area contributed by atoms with Crippen molar-refractivity contribution in [2.24, 2.45) is 0 Å². The van der Waals surface area contributed by atoms with Gasteiger partial charge in [-0.05, 0) is 12.1 Å². The Kier molecular flexibility index (Phi) is 3.39. The monoisotopic (exact) mass is 235 g/mol. The molecule has 2 rings (SSSR count). The lowest BCUT2D eigenvalue weighted by molar-refractivity contribution is -0.144. The molecule has 1 aromatic carbocycles. The SMILES string of the molecule is COC(=O)[C@@H]1COCN1C(=O)c1ccccc1. The molecule has 1 atom stereocenters. The second-order valence-electron chi connectivity index (χ2n) is 3.68. The number of benzene rings is 1. The molecule has 1 fully saturated rings. The number of amides is 1. The van der Waals surface area contributed by atoms with E-state index < -0.39 is 12.0 Å². The third-order valence-electron chi connectivity index (χ3n) is 2.64. The Morgan fingerprint density at radius 1 is 1.35 bits per heavy atom. The molecule has 0 unspecified atom stereocenters. The van der Waals surface area contributed by atoms with Crippen molar-refractivity contribution < 1.29 is 19.1 Å². The van der Waals surface area contributed by atoms with Crippen LogP contribution in [-0.4, -0.2) is 43.3 Å². The fourth-order valence-corrected chi connectivity index (χ4v) is 1.72. The van der Waals surface area contributed by atoms with Gasteiger partial charge in [-0.1, -0.05) is 18.2 Å². The number of carbonyl (C=O) groups is 2. The summed E-state index contributed by atoms with van der Waals surface area (Å²) >= 11 is 0. The molecule has 0 aromatic heterocycles. The van der Waals surface area contributed by atoms with Crippen LogP contribution in [0.5, 0.6) is 0 Å². The molecule has 0 saturated carbocycles. The summed E-state index contributed by atoms with van der Waals surface area (Å²) in [5.74, 6) is -0.676. The first-order valence-corrected chi connectivity index (χ1v) is 5.25. The number of hydrogen-bond acceptors (Lipinski definition) is 4. The van der Waals surface area contributed by atoms with Gasteiger partial charge in [0.15, 0.2) is 6.04 Å². The zero-order valence-corrected chi connectivity index (χ0v) is 9.46. The van der Waals surface area contributed by atoms with Crippen molar-refractivity contribution in [1.29, 1.82) is 0 Å². The molecule has 0 N–H and O–H groups in total. The molecule has 0 radical (unpaired) electrons. The average Bonchev–Trinajstić information content (AvgIpc) is 2.87. The summed E-state index contributed by atoms with van der Waals surface area (Å²) in [7, 11) is 1.30. The summed E-state index contributed by atoms with van der Waals surface area (Å²) in [4.78, 5) is 25.0. The Morgan fingerprint density at radius 3 is 2.71 bits per heavy atom. The highest BCUT2D eigenvalue weighted by atomic mass is 16.5. The molecule has 0 spiro atoms. The summed E-state index contributed by atoms with van der Waals surface area (Å²) in [6.45, 7) is 0.304. The number of carbonyl (C=O) groups excluding carboxylic acids is 2. The van der Waals surface area contributed by atoms with Gasteiger partial charge in [-0.3, -0.25) is 9.69 Å². The van der Waals surface area contributed by atoms with Crippen molar-refractivity contribution in [2.75, 3.05) is 20.4 Å². The molecule has 5 heteroatoms. The zero-order chi connectivity index (χ0) is 12.3. The predicted molar refractivity (Wildman–Crippen MR) is 59.2 cm³/mol. The van der Waals surface area contributed by atoms with Crippen molar-refractivity contribution in [3.05, 3.63) is 35.9 Å². The Labute approximate surface area is 98.9 Å². The third kappa shape index (κ3) is 2.29. The van der Waals surface area contributed by atoms with Gasteiger partial charge in [0.2, 0.25) is 0 Å². The average molecular weight is 235 g/mol. The Bertz CT molecular complexity index is 418. The number of rotatable bonds is 2. The standard InChI is InChI=1S/C12H13NO4/c1-16-12(15)10-7-17-8-13(10)11(14)9-5-3-2-4-6-9/h2-6,10H,7-8H2,1H3/t10-/m0/s1. The Hall–Kier alpha value is -1.88. The lowest BCUT2D eigenvalue weighted by Crippen LogP contribution is -2.42. The number of ether oxygens (including phenoxy) is 2. The highest BCUT2D eigenvalue weighted by Gasteiger charge is 2.36. The van der Waals surface area contributed by atoms with Gasteiger partial charge < -0.3 is 9.47 Å². The summed E-state index contributed by atoms with van der Waals surface area (Å²) < 4.78 is 9.78. The third-order valence-corrected chi connectivity index (χ3v) is 2.64. The minimum atomic E-state index is -0.646. The number of hydrogen-bond donors (Lipinski definition) is 0. The molecular weight excluding hydrogens is 222 g/mol. The van der Waals surface area contributed by atoms with E-state index in [4.69, 9.17) is 4.74 Å². The molecule has 1 aliphatic heterocycles. The van der Waals surface area contributed by atoms with Gasteiger partial charge in [-0.15, -0.1) is 0 Å². The van der Waals surface area contributed by atoms with E-state index in [0.29, 0.717) is 5.56 Å². The van der Waals surface area contributed by atoms with Gasteiger partial charge >= 0.3 is 5.97 Å². The molecular formula is C12H13NO4. The highest BCUT2D eigenvalue weighted by molar-refractivity contribution is 5.97. The van der Waals surface area contributed by atoms with Crippen LogP contribution in [-0.2, 0) is 14.3 Å². The van der Waals surface area contributed by atoms with E-state index >= 15 is 0 Å². The summed E-state index contributed by atoms with van der Waals surface area (Å²) in [6.07, 6.45) is 0. The quantitative estimate of drug-likeness (QED) is 0.706. The van der Waals surface area contributed by atoms with Crippen LogP contribution >= 0.6 is 0 Å². The van der Waals surface area contributed by atoms with Crippen LogP contribution in [0.3, 0.4) is 0 Å². The van der Waals surface area contributed by atoms with E-state index in [1.165, 1.54) is 12.0 Å². The molecule has 90 valence electrons. The zero-order valence-electron chi connectivity index (χ0n) is 9.46. The normalized spacial score (nSPS) is 19.1. The van der Waals surface area contributed by atoms with Crippen molar-refractivity contribution in [3.8, 4) is 0 Å². The second-order valence-corrected chi connectivity index (χ2v) is 3.68. The number of esters is 1. The second kappa shape index (κ2) is 4.97. The lowest BCUT2D eigenvalue weighted by atomic mass is 10.2. The van der Waals surface area contributed by atoms with E-state index in [-0.39, 0.29) is 19.2 Å². The summed E-state index contributed by atoms with van der Waals surface area (Å²) in [5, 5.41) is 0. The lowest BCUT2D eigenvalue weighted by Gasteiger charge is -2.20. The molecule has 1 saturated heterocycles. The smallest absolute Gasteiger partial charge is 0.331 e. The van der Waals surface area contributed by atoms with Gasteiger partial charge in [0.25, 0.3) is 5.91 Å². The van der Waals surface area contributed by atoms with Gasteiger partial charge in [-0.2, -0.15) is 0 Å². The van der Waals surface area contributed by atoms with Crippen LogP contribution in [0.1, 0.15) is 10.4 Å². The van der Waals surface area contributed by atoms with Crippen molar-refractivity contribution >= 4 is 11.9 Å². The van der Waals surface area contributed by atoms with Crippen LogP contribution in [0.25, 0.3) is 0 Å². The van der Waals surface area contributed by atoms with E-state index in [0.717, 1.165) is 0 Å². The minimum Gasteiger partial charge on any atom is -0.467 e. The number of methoxy groups -OCH3 is 1. The Morgan fingerprint density at radius 2 is 2.06 bits per heavy atom. The minimum absolute atomic E-state index is 0.119. The van der Waals surface area contributed by atoms with E-state index in [1.54, 1.807) is 24.3 Å². The number of nitrogens with zero attached hydrogens (tertiary/aromatic N) is 1. The molecule has 1 aromatic rings. The van der Waals surface area contributed by atoms with Gasteiger partial charge in [0.05, 0.1) is 13.7 Å². The van der Waals surface area contributed by atoms with Crippen molar-refractivity contribution in [1.82, 2.24) is 4.90 Å². The first-order valence-electron chi connectivity index (χ1n) is 5.25. The highest BCUT2D eigenvalue weighted by Crippen LogP contribution is 2.15. The van der Waals surface area contributed by atoms with Gasteiger partial charge in [0, 0.05) is 5.56 Å². The van der Waals surface area contributed by atoms with Crippen molar-refractivity contribution in [3.63, 3.8) is 0 Å². The summed E-state index contributed by atoms with van der Waals surface area (Å²) in [6, 6.07) is 8.14. The van der Waals surface area contributed by atoms with Gasteiger partial charge in [0.1, 0.15) is 6.73 Å². The van der Waals surface area contributed by atoms with Crippen LogP contribution in [0.2, 0.25) is 0 Å². The fourth-order valence-electron chi connectivity index (χ4n) is 1.72. The van der Waals surface area contributed by atoms with E-state index in [2.05, 4.69) is 4.74 Å². The maximum Gasteiger partial charge on any atom is 0.331 e. The molecule has 1 aliphatic rings. The molecule has 1 heterocycles. The van der Waals surface area contributed by atoms with Crippen LogP contribution in [0.4, 0.5) is 0 Å². The molecule has 0 aliphatic carbocycles. The van der Waals surface area contributed by atoms with Crippen molar-refractivity contribution in [2.45, 2.75) is 6.04 Å². The van der Waals surface area contributed by atoms with Crippen LogP contribution in [0.15, 0.2) is 30.3 Å². The predicted octanol–water partition coefficient (Wildman–Crippen LogP) is 0.658. The molecule has 17 heavy (non-hydrogen) atoms. The maximum atomic E-state index is 12.1. The first kappa shape index (κ1) is 11.6. The first-order chi connectivity index (χ1) is 8.24. The summed E-state index contributed by atoms with van der Waals surface area (Å²) in [5.41, 5.74) is 0.534. The maximum absolute atomic E-state index is 12.1. The van der Waals surface area contributed by atoms with Crippen LogP contribution in [0, 0.1) is 0 Å². The topological polar surface area (TPSA) is 55.8 Å². The molecule has 0 bridgehead atoms. The largest absolute Gasteiger partial charge is 0.467 e.